The lowest BCUT2D eigenvalue weighted by Gasteiger charge is -1.73. The Balaban J connectivity index is 3.13. The van der Waals surface area contributed by atoms with E-state index in [0.717, 1.165) is 3.70 Å². The first-order chi connectivity index (χ1) is 4.89. The van der Waals surface area contributed by atoms with E-state index in [1.54, 1.807) is 31.0 Å². The number of nitrogens with one attached hydrogen (secondary N) is 1. The van der Waals surface area contributed by atoms with E-state index in [0.29, 0.717) is 0 Å². The molecule has 0 radical (unpaired) electrons. The summed E-state index contributed by atoms with van der Waals surface area (Å²) in [7, 11) is 0. The van der Waals surface area contributed by atoms with Gasteiger partial charge in [0.05, 0.1) is 6.20 Å². The molecule has 52 valence electrons. The number of hydrogen-bond acceptors (Lipinski definition) is 2. The van der Waals surface area contributed by atoms with Crippen LogP contribution >= 0.6 is 22.6 Å². The zero-order chi connectivity index (χ0) is 7.23. The molecule has 0 fully saturated rings. The third kappa shape index (κ3) is 2.77. The van der Waals surface area contributed by atoms with Crippen LogP contribution < -0.4 is 0 Å². The monoisotopic (exact) mass is 247 g/mol. The highest BCUT2D eigenvalue weighted by molar-refractivity contribution is 14.1. The van der Waals surface area contributed by atoms with Gasteiger partial charge < -0.3 is 4.98 Å². The normalized spacial score (nSPS) is 8.50. The second kappa shape index (κ2) is 4.21. The van der Waals surface area contributed by atoms with Crippen LogP contribution in [0.15, 0.2) is 31.0 Å². The molecule has 0 aliphatic heterocycles. The van der Waals surface area contributed by atoms with Crippen LogP contribution in [0.1, 0.15) is 0 Å². The lowest BCUT2D eigenvalue weighted by molar-refractivity contribution is 1.23. The Morgan fingerprint density at radius 3 is 3.00 bits per heavy atom. The highest BCUT2D eigenvalue weighted by Gasteiger charge is 1.74. The number of aromatic nitrogens is 3. The molecule has 0 aliphatic rings. The Hall–Kier alpha value is -0.650. The van der Waals surface area contributed by atoms with Crippen LogP contribution in [0.4, 0.5) is 0 Å². The van der Waals surface area contributed by atoms with Crippen molar-refractivity contribution >= 4 is 22.6 Å². The predicted molar refractivity (Wildman–Crippen MR) is 46.7 cm³/mol. The number of nitrogens with zero attached hydrogens (tertiary/aromatic N) is 2. The van der Waals surface area contributed by atoms with Gasteiger partial charge in [-0.25, -0.2) is 4.98 Å². The molecule has 10 heavy (non-hydrogen) atoms. The maximum absolute atomic E-state index is 4.01. The van der Waals surface area contributed by atoms with Crippen molar-refractivity contribution in [1.82, 2.24) is 15.0 Å². The summed E-state index contributed by atoms with van der Waals surface area (Å²) in [5, 5.41) is 0. The standard InChI is InChI=1S/C6H6IN3/c7-6-5-9-2-1-8-3-4-10-6/h1-5,8H. The molecule has 4 heteroatoms. The van der Waals surface area contributed by atoms with Crippen molar-refractivity contribution in [3.8, 4) is 0 Å². The molecular weight excluding hydrogens is 241 g/mol. The minimum Gasteiger partial charge on any atom is -0.365 e. The van der Waals surface area contributed by atoms with E-state index in [9.17, 15) is 0 Å². The quantitative estimate of drug-likeness (QED) is 0.706. The summed E-state index contributed by atoms with van der Waals surface area (Å²) in [6, 6.07) is 0. The Labute approximate surface area is 72.4 Å². The number of H-pyrrole nitrogens is 1. The van der Waals surface area contributed by atoms with E-state index in [1.807, 2.05) is 0 Å². The molecule has 1 N–H and O–H groups in total. The molecule has 1 aromatic heterocycles. The second-order valence-electron chi connectivity index (χ2n) is 1.53. The van der Waals surface area contributed by atoms with Gasteiger partial charge in [-0.15, -0.1) is 0 Å². The molecule has 1 heterocycles. The van der Waals surface area contributed by atoms with Crippen LogP contribution in [0.25, 0.3) is 0 Å². The van der Waals surface area contributed by atoms with Crippen molar-refractivity contribution in [1.29, 1.82) is 0 Å². The first-order valence-electron chi connectivity index (χ1n) is 2.72. The average molecular weight is 247 g/mol. The molecule has 3 nitrogen and oxygen atoms in total. The van der Waals surface area contributed by atoms with E-state index < -0.39 is 0 Å². The van der Waals surface area contributed by atoms with Crippen LogP contribution in [0.2, 0.25) is 0 Å². The summed E-state index contributed by atoms with van der Waals surface area (Å²) in [5.41, 5.74) is 0. The van der Waals surface area contributed by atoms with Gasteiger partial charge in [0, 0.05) is 24.8 Å². The van der Waals surface area contributed by atoms with Crippen LogP contribution in [-0.4, -0.2) is 15.0 Å². The maximum Gasteiger partial charge on any atom is 0.119 e. The van der Waals surface area contributed by atoms with Gasteiger partial charge >= 0.3 is 0 Å². The third-order valence-corrected chi connectivity index (χ3v) is 1.36. The summed E-state index contributed by atoms with van der Waals surface area (Å²) < 4.78 is 0.863. The Bertz CT molecular complexity index is 220. The lowest BCUT2D eigenvalue weighted by atomic mass is 10.9. The van der Waals surface area contributed by atoms with E-state index in [4.69, 9.17) is 0 Å². The minimum atomic E-state index is 0.863. The number of aromatic amines is 1. The molecule has 0 bridgehead atoms. The van der Waals surface area contributed by atoms with Crippen molar-refractivity contribution in [2.75, 3.05) is 0 Å². The molecule has 0 aromatic carbocycles. The Morgan fingerprint density at radius 1 is 1.30 bits per heavy atom. The van der Waals surface area contributed by atoms with Gasteiger partial charge in [0.25, 0.3) is 0 Å². The summed E-state index contributed by atoms with van der Waals surface area (Å²) >= 11 is 2.10. The molecule has 1 aromatic rings. The van der Waals surface area contributed by atoms with Crippen molar-refractivity contribution in [3.63, 3.8) is 0 Å². The van der Waals surface area contributed by atoms with Gasteiger partial charge in [0.15, 0.2) is 0 Å². The highest BCUT2D eigenvalue weighted by Crippen LogP contribution is 1.90. The molecule has 0 aliphatic carbocycles. The van der Waals surface area contributed by atoms with Crippen LogP contribution in [0, 0.1) is 3.70 Å². The van der Waals surface area contributed by atoms with E-state index in [1.165, 1.54) is 0 Å². The summed E-state index contributed by atoms with van der Waals surface area (Å²) in [5.74, 6) is 0. The van der Waals surface area contributed by atoms with Crippen LogP contribution in [-0.2, 0) is 0 Å². The SMILES string of the molecule is Ic1cncc[nH]ccn1. The topological polar surface area (TPSA) is 41.6 Å². The van der Waals surface area contributed by atoms with Crippen LogP contribution in [0.5, 0.6) is 0 Å². The zero-order valence-corrected chi connectivity index (χ0v) is 7.32. The van der Waals surface area contributed by atoms with Gasteiger partial charge in [-0.3, -0.25) is 4.98 Å². The summed E-state index contributed by atoms with van der Waals surface area (Å²) in [4.78, 5) is 10.8. The fourth-order valence-corrected chi connectivity index (χ4v) is 0.753. The minimum absolute atomic E-state index is 0.863. The van der Waals surface area contributed by atoms with Gasteiger partial charge in [0.1, 0.15) is 3.70 Å². The largest absolute Gasteiger partial charge is 0.365 e. The molecule has 0 spiro atoms. The smallest absolute Gasteiger partial charge is 0.119 e. The van der Waals surface area contributed by atoms with E-state index in [-0.39, 0.29) is 0 Å². The molecule has 0 amide bonds. The van der Waals surface area contributed by atoms with Gasteiger partial charge in [-0.2, -0.15) is 0 Å². The fraction of sp³-hybridized carbons (Fsp3) is 0. The molecule has 0 atom stereocenters. The van der Waals surface area contributed by atoms with Gasteiger partial charge in [0.2, 0.25) is 0 Å². The maximum atomic E-state index is 4.01. The van der Waals surface area contributed by atoms with E-state index in [2.05, 4.69) is 37.5 Å². The first-order valence-corrected chi connectivity index (χ1v) is 3.80. The predicted octanol–water partition coefficient (Wildman–Crippen LogP) is 1.53. The molecule has 1 rings (SSSR count). The second-order valence-corrected chi connectivity index (χ2v) is 2.63. The molecule has 0 saturated heterocycles. The zero-order valence-electron chi connectivity index (χ0n) is 5.16. The lowest BCUT2D eigenvalue weighted by Crippen LogP contribution is -1.70. The van der Waals surface area contributed by atoms with Gasteiger partial charge in [-0.1, -0.05) is 0 Å². The van der Waals surface area contributed by atoms with Crippen LogP contribution in [0.3, 0.4) is 0 Å². The van der Waals surface area contributed by atoms with Crippen molar-refractivity contribution in [3.05, 3.63) is 34.7 Å². The van der Waals surface area contributed by atoms with Crippen molar-refractivity contribution in [2.45, 2.75) is 0 Å². The molecule has 0 saturated carbocycles. The highest BCUT2D eigenvalue weighted by atomic mass is 127. The van der Waals surface area contributed by atoms with Crippen molar-refractivity contribution in [2.24, 2.45) is 0 Å². The number of rotatable bonds is 0. The Morgan fingerprint density at radius 2 is 2.10 bits per heavy atom. The first kappa shape index (κ1) is 7.46. The van der Waals surface area contributed by atoms with Crippen molar-refractivity contribution < 1.29 is 0 Å². The summed E-state index contributed by atoms with van der Waals surface area (Å²) in [6.07, 6.45) is 8.52. The average Bonchev–Trinajstić information content (AvgIpc) is 2.02. The molecular formula is C6H6IN3. The number of hydrogen-bond donors (Lipinski definition) is 1. The summed E-state index contributed by atoms with van der Waals surface area (Å²) in [6.45, 7) is 0. The Kier molecular flexibility index (Phi) is 3.14. The number of halogens is 1. The molecule has 0 unspecified atom stereocenters. The fourth-order valence-electron chi connectivity index (χ4n) is 0.431. The van der Waals surface area contributed by atoms with E-state index >= 15 is 0 Å². The van der Waals surface area contributed by atoms with Gasteiger partial charge in [-0.05, 0) is 22.6 Å². The third-order valence-electron chi connectivity index (χ3n) is 0.807.